The second-order valence-electron chi connectivity index (χ2n) is 8.06. The van der Waals surface area contributed by atoms with Crippen LogP contribution in [0, 0.1) is 5.92 Å². The summed E-state index contributed by atoms with van der Waals surface area (Å²) in [4.78, 5) is 6.94. The Hall–Kier alpha value is -0.870. The van der Waals surface area contributed by atoms with Crippen molar-refractivity contribution >= 4 is 40.0 Å². The molecule has 1 aliphatic heterocycles. The number of sulfonamides is 1. The van der Waals surface area contributed by atoms with E-state index in [1.807, 2.05) is 32.9 Å². The lowest BCUT2D eigenvalue weighted by Crippen LogP contribution is -2.46. The summed E-state index contributed by atoms with van der Waals surface area (Å²) in [6.45, 7) is 10.1. The van der Waals surface area contributed by atoms with Crippen LogP contribution in [-0.4, -0.2) is 45.0 Å². The molecular weight excluding hydrogens is 475 g/mol. The monoisotopic (exact) mass is 508 g/mol. The lowest BCUT2D eigenvalue weighted by Gasteiger charge is -2.33. The molecule has 0 saturated carbocycles. The largest absolute Gasteiger partial charge is 0.352 e. The number of halogens is 1. The zero-order valence-corrected chi connectivity index (χ0v) is 20.1. The van der Waals surface area contributed by atoms with Crippen LogP contribution in [0.2, 0.25) is 0 Å². The van der Waals surface area contributed by atoms with Gasteiger partial charge in [0.1, 0.15) is 0 Å². The maximum atomic E-state index is 12.7. The third kappa shape index (κ3) is 7.23. The highest BCUT2D eigenvalue weighted by atomic mass is 127. The number of rotatable bonds is 4. The molecular formula is C19H33IN4O2S. The van der Waals surface area contributed by atoms with E-state index < -0.39 is 15.6 Å². The van der Waals surface area contributed by atoms with Crippen LogP contribution in [-0.2, 0) is 16.6 Å². The first-order valence-corrected chi connectivity index (χ1v) is 10.7. The minimum absolute atomic E-state index is 0. The molecule has 1 unspecified atom stereocenters. The van der Waals surface area contributed by atoms with Gasteiger partial charge in [0, 0.05) is 32.2 Å². The highest BCUT2D eigenvalue weighted by Crippen LogP contribution is 2.19. The van der Waals surface area contributed by atoms with Gasteiger partial charge in [0.25, 0.3) is 0 Å². The molecule has 1 aromatic carbocycles. The summed E-state index contributed by atoms with van der Waals surface area (Å²) in [7, 11) is -1.81. The number of nitrogens with one attached hydrogen (secondary N) is 2. The number of hydrogen-bond acceptors (Lipinski definition) is 3. The van der Waals surface area contributed by atoms with E-state index in [0.717, 1.165) is 31.0 Å². The van der Waals surface area contributed by atoms with Crippen molar-refractivity contribution in [3.63, 3.8) is 0 Å². The van der Waals surface area contributed by atoms with Crippen LogP contribution in [0.4, 0.5) is 0 Å². The van der Waals surface area contributed by atoms with E-state index in [9.17, 15) is 8.42 Å². The van der Waals surface area contributed by atoms with Crippen molar-refractivity contribution < 1.29 is 8.42 Å². The third-order valence-electron chi connectivity index (χ3n) is 4.31. The van der Waals surface area contributed by atoms with E-state index in [4.69, 9.17) is 0 Å². The van der Waals surface area contributed by atoms with Crippen molar-refractivity contribution in [2.75, 3.05) is 20.1 Å². The average molecular weight is 508 g/mol. The first kappa shape index (κ1) is 24.2. The molecule has 6 nitrogen and oxygen atoms in total. The van der Waals surface area contributed by atoms with E-state index in [1.165, 1.54) is 6.42 Å². The Balaban J connectivity index is 0.00000364. The molecule has 8 heteroatoms. The minimum atomic E-state index is -3.58. The molecule has 27 heavy (non-hydrogen) atoms. The van der Waals surface area contributed by atoms with Gasteiger partial charge < -0.3 is 10.2 Å². The molecule has 0 radical (unpaired) electrons. The van der Waals surface area contributed by atoms with Crippen LogP contribution in [0.5, 0.6) is 0 Å². The highest BCUT2D eigenvalue weighted by molar-refractivity contribution is 14.0. The molecule has 1 aromatic rings. The zero-order chi connectivity index (χ0) is 19.4. The van der Waals surface area contributed by atoms with E-state index in [-0.39, 0.29) is 24.0 Å². The predicted octanol–water partition coefficient (Wildman–Crippen LogP) is 3.19. The van der Waals surface area contributed by atoms with E-state index in [1.54, 1.807) is 19.2 Å². The lowest BCUT2D eigenvalue weighted by atomic mass is 10.0. The van der Waals surface area contributed by atoms with Gasteiger partial charge in [-0.3, -0.25) is 4.99 Å². The molecule has 0 aromatic heterocycles. The molecule has 2 rings (SSSR count). The van der Waals surface area contributed by atoms with Crippen LogP contribution in [0.15, 0.2) is 34.2 Å². The molecule has 2 N–H and O–H groups in total. The van der Waals surface area contributed by atoms with Crippen molar-refractivity contribution in [2.24, 2.45) is 10.9 Å². The Morgan fingerprint density at radius 2 is 1.96 bits per heavy atom. The van der Waals surface area contributed by atoms with Gasteiger partial charge in [0.2, 0.25) is 10.0 Å². The molecule has 1 fully saturated rings. The smallest absolute Gasteiger partial charge is 0.241 e. The zero-order valence-electron chi connectivity index (χ0n) is 16.9. The normalized spacial score (nSPS) is 18.8. The van der Waals surface area contributed by atoms with Crippen LogP contribution in [0.3, 0.4) is 0 Å². The highest BCUT2D eigenvalue weighted by Gasteiger charge is 2.25. The van der Waals surface area contributed by atoms with Crippen LogP contribution >= 0.6 is 24.0 Å². The molecule has 0 bridgehead atoms. The summed E-state index contributed by atoms with van der Waals surface area (Å²) in [5, 5.41) is 3.34. The van der Waals surface area contributed by atoms with Gasteiger partial charge >= 0.3 is 0 Å². The van der Waals surface area contributed by atoms with Gasteiger partial charge in [-0.2, -0.15) is 0 Å². The molecule has 1 heterocycles. The number of benzene rings is 1. The lowest BCUT2D eigenvalue weighted by molar-refractivity contribution is 0.266. The van der Waals surface area contributed by atoms with Crippen molar-refractivity contribution in [2.45, 2.75) is 57.5 Å². The summed E-state index contributed by atoms with van der Waals surface area (Å²) >= 11 is 0. The fourth-order valence-electron chi connectivity index (χ4n) is 3.26. The second kappa shape index (κ2) is 10.1. The summed E-state index contributed by atoms with van der Waals surface area (Å²) in [6.07, 6.45) is 2.40. The standard InChI is InChI=1S/C19H32N4O2S.HI/c1-15-9-8-12-23(14-15)18(20-5)21-13-16-10-6-7-11-17(16)26(24,25)22-19(2,3)4;/h6-7,10-11,15,22H,8-9,12-14H2,1-5H3,(H,20,21);1H. The van der Waals surface area contributed by atoms with Crippen LogP contribution in [0.1, 0.15) is 46.1 Å². The predicted molar refractivity (Wildman–Crippen MR) is 122 cm³/mol. The van der Waals surface area contributed by atoms with Gasteiger partial charge in [0.05, 0.1) is 4.90 Å². The number of piperidine rings is 1. The Bertz CT molecular complexity index is 744. The molecule has 154 valence electrons. The number of likely N-dealkylation sites (tertiary alicyclic amines) is 1. The fourth-order valence-corrected chi connectivity index (χ4v) is 4.92. The summed E-state index contributed by atoms with van der Waals surface area (Å²) in [5.41, 5.74) is 0.203. The molecule has 0 amide bonds. The average Bonchev–Trinajstić information content (AvgIpc) is 2.53. The molecule has 1 aliphatic rings. The van der Waals surface area contributed by atoms with Gasteiger partial charge in [-0.25, -0.2) is 13.1 Å². The van der Waals surface area contributed by atoms with Crippen molar-refractivity contribution in [3.05, 3.63) is 29.8 Å². The Morgan fingerprint density at radius 1 is 1.30 bits per heavy atom. The van der Waals surface area contributed by atoms with Gasteiger partial charge in [0.15, 0.2) is 5.96 Å². The summed E-state index contributed by atoms with van der Waals surface area (Å²) in [6, 6.07) is 7.11. The van der Waals surface area contributed by atoms with Crippen LogP contribution in [0.25, 0.3) is 0 Å². The van der Waals surface area contributed by atoms with Gasteiger partial charge in [-0.05, 0) is 51.2 Å². The summed E-state index contributed by atoms with van der Waals surface area (Å²) in [5.74, 6) is 1.47. The fraction of sp³-hybridized carbons (Fsp3) is 0.632. The first-order chi connectivity index (χ1) is 12.1. The maximum absolute atomic E-state index is 12.7. The number of hydrogen-bond donors (Lipinski definition) is 2. The molecule has 1 atom stereocenters. The minimum Gasteiger partial charge on any atom is -0.352 e. The molecule has 0 aliphatic carbocycles. The molecule has 0 spiro atoms. The van der Waals surface area contributed by atoms with E-state index in [0.29, 0.717) is 17.4 Å². The Labute approximate surface area is 181 Å². The quantitative estimate of drug-likeness (QED) is 0.372. The van der Waals surface area contributed by atoms with Crippen molar-refractivity contribution in [1.29, 1.82) is 0 Å². The van der Waals surface area contributed by atoms with E-state index >= 15 is 0 Å². The van der Waals surface area contributed by atoms with E-state index in [2.05, 4.69) is 26.9 Å². The third-order valence-corrected chi connectivity index (χ3v) is 6.17. The Morgan fingerprint density at radius 3 is 2.56 bits per heavy atom. The first-order valence-electron chi connectivity index (χ1n) is 9.20. The van der Waals surface area contributed by atoms with Gasteiger partial charge in [-0.1, -0.05) is 25.1 Å². The number of aliphatic imine (C=N–C) groups is 1. The Kier molecular flexibility index (Phi) is 9.01. The topological polar surface area (TPSA) is 73.8 Å². The maximum Gasteiger partial charge on any atom is 0.241 e. The van der Waals surface area contributed by atoms with Crippen LogP contribution < -0.4 is 10.0 Å². The SMILES string of the molecule is CN=C(NCc1ccccc1S(=O)(=O)NC(C)(C)C)N1CCCC(C)C1.I. The number of nitrogens with zero attached hydrogens (tertiary/aromatic N) is 2. The molecule has 1 saturated heterocycles. The summed E-state index contributed by atoms with van der Waals surface area (Å²) < 4.78 is 28.2. The number of guanidine groups is 1. The van der Waals surface area contributed by atoms with Gasteiger partial charge in [-0.15, -0.1) is 24.0 Å². The van der Waals surface area contributed by atoms with Crippen molar-refractivity contribution in [3.8, 4) is 0 Å². The second-order valence-corrected chi connectivity index (χ2v) is 9.71. The van der Waals surface area contributed by atoms with Crippen molar-refractivity contribution in [1.82, 2.24) is 14.9 Å².